The molecule has 1 aliphatic rings. The number of aromatic nitrogens is 2. The largest absolute Gasteiger partial charge is 0.359 e. The summed E-state index contributed by atoms with van der Waals surface area (Å²) in [6, 6.07) is 1.87. The van der Waals surface area contributed by atoms with Gasteiger partial charge in [-0.2, -0.15) is 0 Å². The second-order valence-electron chi connectivity index (χ2n) is 7.01. The minimum atomic E-state index is -0.0780. The van der Waals surface area contributed by atoms with Crippen LogP contribution in [0.3, 0.4) is 0 Å². The first-order valence-corrected chi connectivity index (χ1v) is 8.00. The third-order valence-electron chi connectivity index (χ3n) is 4.00. The molecule has 1 aromatic heterocycles. The molecule has 0 unspecified atom stereocenters. The predicted octanol–water partition coefficient (Wildman–Crippen LogP) is 4.44. The van der Waals surface area contributed by atoms with E-state index in [0.29, 0.717) is 5.15 Å². The van der Waals surface area contributed by atoms with Crippen LogP contribution in [0, 0.1) is 5.92 Å². The summed E-state index contributed by atoms with van der Waals surface area (Å²) < 4.78 is 0. The van der Waals surface area contributed by atoms with Gasteiger partial charge in [0.05, 0.1) is 0 Å². The minimum absolute atomic E-state index is 0.0780. The monoisotopic (exact) mass is 295 g/mol. The quantitative estimate of drug-likeness (QED) is 0.772. The molecule has 0 radical (unpaired) electrons. The lowest BCUT2D eigenvalue weighted by atomic mass is 9.89. The van der Waals surface area contributed by atoms with Gasteiger partial charge in [-0.05, 0) is 18.8 Å². The van der Waals surface area contributed by atoms with Gasteiger partial charge in [-0.15, -0.1) is 0 Å². The Morgan fingerprint density at radius 2 is 1.85 bits per heavy atom. The van der Waals surface area contributed by atoms with E-state index >= 15 is 0 Å². The minimum Gasteiger partial charge on any atom is -0.359 e. The van der Waals surface area contributed by atoms with Crippen LogP contribution in [0.25, 0.3) is 0 Å². The number of hydrogen-bond donors (Lipinski definition) is 0. The first-order chi connectivity index (χ1) is 9.36. The van der Waals surface area contributed by atoms with E-state index < -0.39 is 0 Å². The van der Waals surface area contributed by atoms with E-state index in [1.54, 1.807) is 0 Å². The summed E-state index contributed by atoms with van der Waals surface area (Å²) in [5.41, 5.74) is -0.0780. The van der Waals surface area contributed by atoms with Crippen molar-refractivity contribution in [2.45, 2.75) is 58.3 Å². The molecule has 0 spiro atoms. The topological polar surface area (TPSA) is 29.0 Å². The van der Waals surface area contributed by atoms with Crippen molar-refractivity contribution < 1.29 is 0 Å². The van der Waals surface area contributed by atoms with Crippen LogP contribution in [0.2, 0.25) is 5.15 Å². The Kier molecular flexibility index (Phi) is 4.90. The zero-order valence-corrected chi connectivity index (χ0v) is 13.9. The summed E-state index contributed by atoms with van der Waals surface area (Å²) in [6.45, 7) is 7.41. The van der Waals surface area contributed by atoms with E-state index in [4.69, 9.17) is 16.6 Å². The predicted molar refractivity (Wildman–Crippen MR) is 85.6 cm³/mol. The van der Waals surface area contributed by atoms with Crippen molar-refractivity contribution in [3.8, 4) is 0 Å². The molecule has 0 saturated heterocycles. The maximum absolute atomic E-state index is 6.17. The Balaban J connectivity index is 2.12. The summed E-state index contributed by atoms with van der Waals surface area (Å²) in [7, 11) is 2.11. The molecule has 1 heterocycles. The second-order valence-corrected chi connectivity index (χ2v) is 7.39. The van der Waals surface area contributed by atoms with Gasteiger partial charge < -0.3 is 4.90 Å². The molecule has 0 aromatic carbocycles. The molecule has 1 saturated carbocycles. The van der Waals surface area contributed by atoms with Gasteiger partial charge in [-0.25, -0.2) is 9.97 Å². The molecule has 1 aliphatic carbocycles. The normalized spacial score (nSPS) is 17.2. The van der Waals surface area contributed by atoms with Gasteiger partial charge in [-0.1, -0.05) is 51.6 Å². The lowest BCUT2D eigenvalue weighted by molar-refractivity contribution is 0.361. The van der Waals surface area contributed by atoms with Crippen molar-refractivity contribution in [2.24, 2.45) is 5.92 Å². The van der Waals surface area contributed by atoms with Crippen molar-refractivity contribution in [3.05, 3.63) is 17.0 Å². The van der Waals surface area contributed by atoms with Gasteiger partial charge in [0.25, 0.3) is 0 Å². The molecule has 0 aliphatic heterocycles. The van der Waals surface area contributed by atoms with Crippen LogP contribution in [0.5, 0.6) is 0 Å². The first-order valence-electron chi connectivity index (χ1n) is 7.62. The van der Waals surface area contributed by atoms with Crippen LogP contribution in [0.4, 0.5) is 5.82 Å². The maximum Gasteiger partial charge on any atom is 0.137 e. The van der Waals surface area contributed by atoms with Crippen LogP contribution in [-0.2, 0) is 5.41 Å². The Morgan fingerprint density at radius 1 is 1.20 bits per heavy atom. The fraction of sp³-hybridized carbons (Fsp3) is 0.750. The average molecular weight is 296 g/mol. The van der Waals surface area contributed by atoms with Gasteiger partial charge in [0.1, 0.15) is 16.8 Å². The van der Waals surface area contributed by atoms with Gasteiger partial charge in [0, 0.05) is 25.1 Å². The third kappa shape index (κ3) is 4.08. The third-order valence-corrected chi connectivity index (χ3v) is 4.19. The highest BCUT2D eigenvalue weighted by atomic mass is 35.5. The smallest absolute Gasteiger partial charge is 0.137 e. The summed E-state index contributed by atoms with van der Waals surface area (Å²) >= 11 is 6.17. The van der Waals surface area contributed by atoms with Gasteiger partial charge in [0.2, 0.25) is 0 Å². The number of anilines is 1. The lowest BCUT2D eigenvalue weighted by Gasteiger charge is -2.28. The molecule has 0 atom stereocenters. The highest BCUT2D eigenvalue weighted by Crippen LogP contribution is 2.27. The summed E-state index contributed by atoms with van der Waals surface area (Å²) in [6.07, 6.45) is 6.82. The molecular weight excluding hydrogens is 270 g/mol. The van der Waals surface area contributed by atoms with E-state index in [1.165, 1.54) is 32.1 Å². The van der Waals surface area contributed by atoms with Crippen molar-refractivity contribution >= 4 is 17.4 Å². The highest BCUT2D eigenvalue weighted by Gasteiger charge is 2.21. The average Bonchev–Trinajstić information content (AvgIpc) is 2.38. The van der Waals surface area contributed by atoms with E-state index in [9.17, 15) is 0 Å². The van der Waals surface area contributed by atoms with E-state index in [-0.39, 0.29) is 5.41 Å². The molecular formula is C16H26ClN3. The number of rotatable bonds is 3. The molecule has 1 aromatic rings. The Hall–Kier alpha value is -0.830. The molecule has 0 bridgehead atoms. The Bertz CT molecular complexity index is 448. The fourth-order valence-electron chi connectivity index (χ4n) is 2.79. The lowest BCUT2D eigenvalue weighted by Crippen LogP contribution is -2.28. The fourth-order valence-corrected chi connectivity index (χ4v) is 2.96. The van der Waals surface area contributed by atoms with E-state index in [2.05, 4.69) is 37.7 Å². The molecule has 0 amide bonds. The van der Waals surface area contributed by atoms with Gasteiger partial charge in [0.15, 0.2) is 0 Å². The van der Waals surface area contributed by atoms with Crippen LogP contribution in [0.15, 0.2) is 6.07 Å². The maximum atomic E-state index is 6.17. The van der Waals surface area contributed by atoms with E-state index in [1.807, 2.05) is 6.07 Å². The molecule has 112 valence electrons. The van der Waals surface area contributed by atoms with Crippen molar-refractivity contribution in [2.75, 3.05) is 18.5 Å². The number of hydrogen-bond acceptors (Lipinski definition) is 3. The summed E-state index contributed by atoms with van der Waals surface area (Å²) in [5.74, 6) is 2.55. The van der Waals surface area contributed by atoms with Crippen LogP contribution < -0.4 is 4.90 Å². The van der Waals surface area contributed by atoms with Crippen molar-refractivity contribution in [1.82, 2.24) is 9.97 Å². The highest BCUT2D eigenvalue weighted by molar-refractivity contribution is 6.29. The summed E-state index contributed by atoms with van der Waals surface area (Å²) in [4.78, 5) is 11.3. The Labute approximate surface area is 127 Å². The SMILES string of the molecule is CN(CC1CCCCC1)c1cc(Cl)nc(C(C)(C)C)n1. The molecule has 2 rings (SSSR count). The van der Waals surface area contributed by atoms with Gasteiger partial charge in [-0.3, -0.25) is 0 Å². The van der Waals surface area contributed by atoms with Crippen LogP contribution in [-0.4, -0.2) is 23.6 Å². The molecule has 4 heteroatoms. The van der Waals surface area contributed by atoms with Crippen LogP contribution >= 0.6 is 11.6 Å². The van der Waals surface area contributed by atoms with Crippen molar-refractivity contribution in [1.29, 1.82) is 0 Å². The molecule has 1 fully saturated rings. The molecule has 0 N–H and O–H groups in total. The zero-order chi connectivity index (χ0) is 14.8. The summed E-state index contributed by atoms with van der Waals surface area (Å²) in [5, 5.41) is 0.537. The van der Waals surface area contributed by atoms with Crippen molar-refractivity contribution in [3.63, 3.8) is 0 Å². The van der Waals surface area contributed by atoms with Gasteiger partial charge >= 0.3 is 0 Å². The number of nitrogens with zero attached hydrogens (tertiary/aromatic N) is 3. The Morgan fingerprint density at radius 3 is 2.45 bits per heavy atom. The molecule has 20 heavy (non-hydrogen) atoms. The molecule has 3 nitrogen and oxygen atoms in total. The van der Waals surface area contributed by atoms with E-state index in [0.717, 1.165) is 24.1 Å². The number of halogens is 1. The first kappa shape index (κ1) is 15.6. The zero-order valence-electron chi connectivity index (χ0n) is 13.1. The second kappa shape index (κ2) is 6.30. The van der Waals surface area contributed by atoms with Crippen LogP contribution in [0.1, 0.15) is 58.7 Å². The standard InChI is InChI=1S/C16H26ClN3/c1-16(2,3)15-18-13(17)10-14(19-15)20(4)11-12-8-6-5-7-9-12/h10,12H,5-9,11H2,1-4H3.